The van der Waals surface area contributed by atoms with Crippen molar-refractivity contribution in [2.75, 3.05) is 7.11 Å². The standard InChI is InChI=1S/C17H20BrN3O5/c1-17(2,3)26-16(24)20-13(15(23)25-4)8-21-9-19-12-6-5-10(18)7-11(12)14(21)22/h5-7,9,13H,8H2,1-4H3,(H,20,24)/t13-/m0/s1. The second kappa shape index (κ2) is 7.86. The molecule has 1 atom stereocenters. The molecule has 0 radical (unpaired) electrons. The summed E-state index contributed by atoms with van der Waals surface area (Å²) in [5, 5.41) is 2.82. The van der Waals surface area contributed by atoms with Crippen LogP contribution in [-0.4, -0.2) is 40.4 Å². The third-order valence-electron chi connectivity index (χ3n) is 3.34. The number of nitrogens with zero attached hydrogens (tertiary/aromatic N) is 2. The van der Waals surface area contributed by atoms with Gasteiger partial charge >= 0.3 is 12.1 Å². The molecule has 1 aromatic carbocycles. The quantitative estimate of drug-likeness (QED) is 0.753. The van der Waals surface area contributed by atoms with Crippen molar-refractivity contribution in [1.82, 2.24) is 14.9 Å². The Morgan fingerprint density at radius 1 is 1.35 bits per heavy atom. The Morgan fingerprint density at radius 3 is 2.65 bits per heavy atom. The van der Waals surface area contributed by atoms with Crippen LogP contribution in [0.15, 0.2) is 33.8 Å². The summed E-state index contributed by atoms with van der Waals surface area (Å²) >= 11 is 3.31. The average molecular weight is 426 g/mol. The zero-order chi connectivity index (χ0) is 19.5. The Labute approximate surface area is 158 Å². The maximum atomic E-state index is 12.6. The van der Waals surface area contributed by atoms with Gasteiger partial charge in [0.15, 0.2) is 0 Å². The largest absolute Gasteiger partial charge is 0.467 e. The summed E-state index contributed by atoms with van der Waals surface area (Å²) in [5.41, 5.74) is -0.529. The van der Waals surface area contributed by atoms with Gasteiger partial charge in [0, 0.05) is 4.47 Å². The minimum Gasteiger partial charge on any atom is -0.467 e. The number of aromatic nitrogens is 2. The van der Waals surface area contributed by atoms with Gasteiger partial charge in [-0.15, -0.1) is 0 Å². The minimum absolute atomic E-state index is 0.139. The lowest BCUT2D eigenvalue weighted by atomic mass is 10.2. The van der Waals surface area contributed by atoms with Crippen molar-refractivity contribution in [2.45, 2.75) is 39.0 Å². The van der Waals surface area contributed by atoms with Crippen LogP contribution in [0.4, 0.5) is 4.79 Å². The molecule has 0 aliphatic heterocycles. The molecule has 0 saturated heterocycles. The van der Waals surface area contributed by atoms with Crippen LogP contribution < -0.4 is 10.9 Å². The van der Waals surface area contributed by atoms with E-state index in [4.69, 9.17) is 9.47 Å². The number of benzene rings is 1. The van der Waals surface area contributed by atoms with E-state index in [9.17, 15) is 14.4 Å². The Hall–Kier alpha value is -2.42. The lowest BCUT2D eigenvalue weighted by Crippen LogP contribution is -2.47. The van der Waals surface area contributed by atoms with Gasteiger partial charge in [0.2, 0.25) is 0 Å². The van der Waals surface area contributed by atoms with Gasteiger partial charge in [-0.2, -0.15) is 0 Å². The molecule has 0 spiro atoms. The Morgan fingerprint density at radius 2 is 2.04 bits per heavy atom. The first-order valence-corrected chi connectivity index (χ1v) is 8.62. The van der Waals surface area contributed by atoms with E-state index in [-0.39, 0.29) is 12.1 Å². The molecule has 26 heavy (non-hydrogen) atoms. The topological polar surface area (TPSA) is 99.5 Å². The lowest BCUT2D eigenvalue weighted by Gasteiger charge is -2.23. The summed E-state index contributed by atoms with van der Waals surface area (Å²) in [4.78, 5) is 40.8. The number of fused-ring (bicyclic) bond motifs is 1. The molecule has 0 bridgehead atoms. The Bertz CT molecular complexity index is 888. The fraction of sp³-hybridized carbons (Fsp3) is 0.412. The number of carbonyl (C=O) groups is 2. The van der Waals surface area contributed by atoms with Gasteiger partial charge in [-0.3, -0.25) is 9.36 Å². The lowest BCUT2D eigenvalue weighted by molar-refractivity contribution is -0.143. The molecule has 0 unspecified atom stereocenters. The number of amides is 1. The van der Waals surface area contributed by atoms with Gasteiger partial charge in [-0.1, -0.05) is 15.9 Å². The van der Waals surface area contributed by atoms with E-state index in [2.05, 4.69) is 26.2 Å². The summed E-state index contributed by atoms with van der Waals surface area (Å²) < 4.78 is 11.8. The predicted octanol–water partition coefficient (Wildman–Crippen LogP) is 2.23. The summed E-state index contributed by atoms with van der Waals surface area (Å²) in [5.74, 6) is -0.697. The van der Waals surface area contributed by atoms with Crippen LogP contribution in [-0.2, 0) is 20.8 Å². The molecular weight excluding hydrogens is 406 g/mol. The molecule has 1 heterocycles. The van der Waals surface area contributed by atoms with E-state index in [0.29, 0.717) is 10.9 Å². The van der Waals surface area contributed by atoms with Crippen LogP contribution in [0.5, 0.6) is 0 Å². The number of alkyl carbamates (subject to hydrolysis) is 1. The van der Waals surface area contributed by atoms with Crippen molar-refractivity contribution in [2.24, 2.45) is 0 Å². The molecule has 1 aromatic heterocycles. The molecule has 2 rings (SSSR count). The maximum Gasteiger partial charge on any atom is 0.408 e. The highest BCUT2D eigenvalue weighted by Crippen LogP contribution is 2.15. The number of rotatable bonds is 4. The number of hydrogen-bond acceptors (Lipinski definition) is 6. The van der Waals surface area contributed by atoms with Gasteiger partial charge in [0.25, 0.3) is 5.56 Å². The first-order valence-electron chi connectivity index (χ1n) is 7.83. The van der Waals surface area contributed by atoms with Crippen LogP contribution in [0.25, 0.3) is 10.9 Å². The van der Waals surface area contributed by atoms with E-state index in [0.717, 1.165) is 4.47 Å². The molecule has 1 amide bonds. The zero-order valence-corrected chi connectivity index (χ0v) is 16.5. The summed E-state index contributed by atoms with van der Waals surface area (Å²) in [7, 11) is 1.20. The number of hydrogen-bond donors (Lipinski definition) is 1. The van der Waals surface area contributed by atoms with E-state index in [1.165, 1.54) is 18.0 Å². The highest BCUT2D eigenvalue weighted by Gasteiger charge is 2.26. The normalized spacial score (nSPS) is 12.5. The fourth-order valence-corrected chi connectivity index (χ4v) is 2.59. The second-order valence-electron chi connectivity index (χ2n) is 6.59. The van der Waals surface area contributed by atoms with Crippen LogP contribution in [0.1, 0.15) is 20.8 Å². The highest BCUT2D eigenvalue weighted by molar-refractivity contribution is 9.10. The van der Waals surface area contributed by atoms with Crippen LogP contribution in [0.3, 0.4) is 0 Å². The first kappa shape index (κ1) is 19.9. The third-order valence-corrected chi connectivity index (χ3v) is 3.84. The Kier molecular flexibility index (Phi) is 6.01. The van der Waals surface area contributed by atoms with Gasteiger partial charge in [-0.05, 0) is 39.0 Å². The number of halogens is 1. The number of methoxy groups -OCH3 is 1. The average Bonchev–Trinajstić information content (AvgIpc) is 2.54. The van der Waals surface area contributed by atoms with Crippen molar-refractivity contribution in [3.63, 3.8) is 0 Å². The second-order valence-corrected chi connectivity index (χ2v) is 7.50. The first-order chi connectivity index (χ1) is 12.1. The molecule has 8 nitrogen and oxygen atoms in total. The summed E-state index contributed by atoms with van der Waals surface area (Å²) in [6.07, 6.45) is 0.545. The maximum absolute atomic E-state index is 12.6. The summed E-state index contributed by atoms with van der Waals surface area (Å²) in [6.45, 7) is 4.97. The van der Waals surface area contributed by atoms with E-state index < -0.39 is 23.7 Å². The molecule has 140 valence electrons. The molecular formula is C17H20BrN3O5. The third kappa shape index (κ3) is 5.04. The zero-order valence-electron chi connectivity index (χ0n) is 14.9. The van der Waals surface area contributed by atoms with Crippen molar-refractivity contribution < 1.29 is 19.1 Å². The number of esters is 1. The van der Waals surface area contributed by atoms with E-state index in [1.807, 2.05) is 0 Å². The molecule has 1 N–H and O–H groups in total. The van der Waals surface area contributed by atoms with Crippen LogP contribution in [0, 0.1) is 0 Å². The number of nitrogens with one attached hydrogen (secondary N) is 1. The minimum atomic E-state index is -1.10. The van der Waals surface area contributed by atoms with Gasteiger partial charge in [0.1, 0.15) is 11.6 Å². The summed E-state index contributed by atoms with van der Waals surface area (Å²) in [6, 6.07) is 4.04. The van der Waals surface area contributed by atoms with Crippen molar-refractivity contribution in [3.05, 3.63) is 39.4 Å². The molecule has 0 saturated carbocycles. The smallest absolute Gasteiger partial charge is 0.408 e. The van der Waals surface area contributed by atoms with E-state index in [1.54, 1.807) is 39.0 Å². The van der Waals surface area contributed by atoms with Crippen molar-refractivity contribution in [3.8, 4) is 0 Å². The monoisotopic (exact) mass is 425 g/mol. The van der Waals surface area contributed by atoms with Crippen molar-refractivity contribution >= 4 is 38.9 Å². The van der Waals surface area contributed by atoms with Crippen LogP contribution >= 0.6 is 15.9 Å². The molecule has 9 heteroatoms. The predicted molar refractivity (Wildman–Crippen MR) is 98.9 cm³/mol. The fourth-order valence-electron chi connectivity index (χ4n) is 2.23. The molecule has 0 aliphatic rings. The number of carbonyl (C=O) groups excluding carboxylic acids is 2. The van der Waals surface area contributed by atoms with Crippen LogP contribution in [0.2, 0.25) is 0 Å². The van der Waals surface area contributed by atoms with Gasteiger partial charge in [-0.25, -0.2) is 14.6 Å². The van der Waals surface area contributed by atoms with Crippen molar-refractivity contribution in [1.29, 1.82) is 0 Å². The number of ether oxygens (including phenoxy) is 2. The SMILES string of the molecule is COC(=O)[C@H](Cn1cnc2ccc(Br)cc2c1=O)NC(=O)OC(C)(C)C. The van der Waals surface area contributed by atoms with E-state index >= 15 is 0 Å². The molecule has 0 aliphatic carbocycles. The highest BCUT2D eigenvalue weighted by atomic mass is 79.9. The molecule has 2 aromatic rings. The molecule has 0 fully saturated rings. The van der Waals surface area contributed by atoms with Gasteiger partial charge in [0.05, 0.1) is 30.9 Å². The van der Waals surface area contributed by atoms with Gasteiger partial charge < -0.3 is 14.8 Å². The Balaban J connectivity index is 2.30.